The molecule has 5 heteroatoms. The molecule has 3 nitrogen and oxygen atoms in total. The number of hydrogen-bond donors (Lipinski definition) is 1. The Balaban J connectivity index is 2.32. The summed E-state index contributed by atoms with van der Waals surface area (Å²) in [6.45, 7) is 15.2. The summed E-state index contributed by atoms with van der Waals surface area (Å²) in [6, 6.07) is 0.542. The molecule has 1 heterocycles. The molecule has 1 aliphatic rings. The lowest BCUT2D eigenvalue weighted by atomic mass is 10.1. The largest absolute Gasteiger partial charge is 0.396 e. The lowest BCUT2D eigenvalue weighted by Gasteiger charge is -2.41. The molecule has 1 saturated heterocycles. The van der Waals surface area contributed by atoms with E-state index in [0.717, 1.165) is 30.0 Å². The van der Waals surface area contributed by atoms with Crippen LogP contribution in [0.15, 0.2) is 0 Å². The molecule has 1 rings (SSSR count). The van der Waals surface area contributed by atoms with Crippen LogP contribution in [0.4, 0.5) is 0 Å². The van der Waals surface area contributed by atoms with Crippen molar-refractivity contribution in [1.29, 1.82) is 0 Å². The van der Waals surface area contributed by atoms with Crippen LogP contribution in [-0.4, -0.2) is 82.3 Å². The molecule has 0 aromatic heterocycles. The fraction of sp³-hybridized carbons (Fsp3) is 1.00. The average molecular weight is 335 g/mol. The van der Waals surface area contributed by atoms with Gasteiger partial charge in [-0.1, -0.05) is 27.7 Å². The fourth-order valence-electron chi connectivity index (χ4n) is 2.70. The number of hydrogen-bond acceptors (Lipinski definition) is 5. The van der Waals surface area contributed by atoms with Crippen molar-refractivity contribution in [2.45, 2.75) is 50.7 Å². The van der Waals surface area contributed by atoms with Crippen LogP contribution in [0.3, 0.4) is 0 Å². The van der Waals surface area contributed by atoms with E-state index in [9.17, 15) is 5.11 Å². The molecule has 0 radical (unpaired) electrons. The third-order valence-electron chi connectivity index (χ3n) is 3.84. The van der Waals surface area contributed by atoms with E-state index in [2.05, 4.69) is 37.5 Å². The van der Waals surface area contributed by atoms with Gasteiger partial charge < -0.3 is 5.11 Å². The van der Waals surface area contributed by atoms with Crippen molar-refractivity contribution in [2.24, 2.45) is 0 Å². The van der Waals surface area contributed by atoms with E-state index < -0.39 is 0 Å². The number of thioether (sulfide) groups is 2. The van der Waals surface area contributed by atoms with E-state index >= 15 is 0 Å². The first-order valence-electron chi connectivity index (χ1n) is 8.33. The van der Waals surface area contributed by atoms with Crippen LogP contribution in [0.1, 0.15) is 34.1 Å². The van der Waals surface area contributed by atoms with Crippen LogP contribution in [0.5, 0.6) is 0 Å². The van der Waals surface area contributed by atoms with Gasteiger partial charge in [0.15, 0.2) is 0 Å². The Morgan fingerprint density at radius 3 is 2.19 bits per heavy atom. The van der Waals surface area contributed by atoms with E-state index in [4.69, 9.17) is 0 Å². The molecular weight excluding hydrogens is 300 g/mol. The summed E-state index contributed by atoms with van der Waals surface area (Å²) in [5, 5.41) is 10.8. The van der Waals surface area contributed by atoms with Gasteiger partial charge in [-0.2, -0.15) is 23.5 Å². The van der Waals surface area contributed by atoms with Crippen molar-refractivity contribution in [3.63, 3.8) is 0 Å². The second-order valence-electron chi connectivity index (χ2n) is 6.34. The average Bonchev–Trinajstić information content (AvgIpc) is 2.40. The highest BCUT2D eigenvalue weighted by molar-refractivity contribution is 8.00. The molecule has 0 saturated carbocycles. The molecule has 1 aliphatic heterocycles. The molecule has 1 atom stereocenters. The minimum Gasteiger partial charge on any atom is -0.396 e. The quantitative estimate of drug-likeness (QED) is 0.663. The number of aliphatic hydroxyl groups excluding tert-OH is 1. The van der Waals surface area contributed by atoms with Gasteiger partial charge in [-0.05, 0) is 16.9 Å². The van der Waals surface area contributed by atoms with Crippen molar-refractivity contribution in [3.8, 4) is 0 Å². The molecular formula is C16H34N2OS2. The Morgan fingerprint density at radius 2 is 1.62 bits per heavy atom. The van der Waals surface area contributed by atoms with E-state index in [0.29, 0.717) is 12.6 Å². The number of piperazine rings is 1. The van der Waals surface area contributed by atoms with Crippen LogP contribution in [0.2, 0.25) is 0 Å². The van der Waals surface area contributed by atoms with Crippen molar-refractivity contribution in [1.82, 2.24) is 9.80 Å². The first kappa shape index (κ1) is 19.6. The van der Waals surface area contributed by atoms with Gasteiger partial charge in [0.25, 0.3) is 0 Å². The number of nitrogens with zero attached hydrogens (tertiary/aromatic N) is 2. The Morgan fingerprint density at radius 1 is 1.00 bits per heavy atom. The van der Waals surface area contributed by atoms with Crippen molar-refractivity contribution in [3.05, 3.63) is 0 Å². The van der Waals surface area contributed by atoms with Gasteiger partial charge in [-0.25, -0.2) is 0 Å². The molecule has 126 valence electrons. The van der Waals surface area contributed by atoms with E-state index in [1.807, 2.05) is 23.5 Å². The predicted molar refractivity (Wildman–Crippen MR) is 98.7 cm³/mol. The second-order valence-corrected chi connectivity index (χ2v) is 9.71. The maximum Gasteiger partial charge on any atom is 0.0446 e. The van der Waals surface area contributed by atoms with Gasteiger partial charge in [0.1, 0.15) is 0 Å². The predicted octanol–water partition coefficient (Wildman–Crippen LogP) is 2.64. The third-order valence-corrected chi connectivity index (χ3v) is 6.01. The minimum atomic E-state index is 0.313. The van der Waals surface area contributed by atoms with Crippen molar-refractivity contribution in [2.75, 3.05) is 50.8 Å². The van der Waals surface area contributed by atoms with Crippen LogP contribution in [0.25, 0.3) is 0 Å². The SMILES string of the molecule is CC(C)SCCN1CCN(CCSC(C)C)C(CCO)C1. The van der Waals surface area contributed by atoms with Gasteiger partial charge in [-0.3, -0.25) is 9.80 Å². The standard InChI is InChI=1S/C16H34N2OS2/c1-14(2)20-11-8-17-6-7-18(9-12-21-15(3)4)16(13-17)5-10-19/h14-16,19H,5-13H2,1-4H3. The molecule has 1 fully saturated rings. The zero-order valence-corrected chi connectivity index (χ0v) is 15.9. The maximum absolute atomic E-state index is 9.33. The van der Waals surface area contributed by atoms with Gasteiger partial charge >= 0.3 is 0 Å². The summed E-state index contributed by atoms with van der Waals surface area (Å²) in [6.07, 6.45) is 0.917. The van der Waals surface area contributed by atoms with Gasteiger partial charge in [0, 0.05) is 56.9 Å². The van der Waals surface area contributed by atoms with Crippen LogP contribution in [0, 0.1) is 0 Å². The molecule has 21 heavy (non-hydrogen) atoms. The minimum absolute atomic E-state index is 0.313. The molecule has 0 aromatic carbocycles. The molecule has 0 spiro atoms. The Labute approximate surface area is 140 Å². The monoisotopic (exact) mass is 334 g/mol. The molecule has 1 unspecified atom stereocenters. The molecule has 0 bridgehead atoms. The van der Waals surface area contributed by atoms with Crippen LogP contribution >= 0.6 is 23.5 Å². The zero-order chi connectivity index (χ0) is 15.7. The Kier molecular flexibility index (Phi) is 10.4. The second kappa shape index (κ2) is 11.2. The first-order valence-corrected chi connectivity index (χ1v) is 10.4. The molecule has 0 amide bonds. The normalized spacial score (nSPS) is 21.6. The lowest BCUT2D eigenvalue weighted by molar-refractivity contribution is 0.0676. The molecule has 0 aliphatic carbocycles. The number of aliphatic hydroxyl groups is 1. The zero-order valence-electron chi connectivity index (χ0n) is 14.3. The van der Waals surface area contributed by atoms with Crippen molar-refractivity contribution >= 4 is 23.5 Å². The molecule has 1 N–H and O–H groups in total. The molecule has 0 aromatic rings. The summed E-state index contributed by atoms with van der Waals surface area (Å²) in [5.41, 5.74) is 0. The Hall–Kier alpha value is 0.580. The van der Waals surface area contributed by atoms with E-state index in [1.54, 1.807) is 0 Å². The smallest absolute Gasteiger partial charge is 0.0446 e. The van der Waals surface area contributed by atoms with Crippen molar-refractivity contribution < 1.29 is 5.11 Å². The number of rotatable bonds is 10. The summed E-state index contributed by atoms with van der Waals surface area (Å²) < 4.78 is 0. The first-order chi connectivity index (χ1) is 10.0. The topological polar surface area (TPSA) is 26.7 Å². The highest BCUT2D eigenvalue weighted by Crippen LogP contribution is 2.17. The van der Waals surface area contributed by atoms with Gasteiger partial charge in [0.05, 0.1) is 0 Å². The third kappa shape index (κ3) is 8.70. The summed E-state index contributed by atoms with van der Waals surface area (Å²) in [7, 11) is 0. The van der Waals surface area contributed by atoms with Gasteiger partial charge in [-0.15, -0.1) is 0 Å². The summed E-state index contributed by atoms with van der Waals surface area (Å²) in [4.78, 5) is 5.18. The summed E-state index contributed by atoms with van der Waals surface area (Å²) >= 11 is 4.09. The van der Waals surface area contributed by atoms with E-state index in [1.165, 1.54) is 31.1 Å². The van der Waals surface area contributed by atoms with E-state index in [-0.39, 0.29) is 0 Å². The van der Waals surface area contributed by atoms with Gasteiger partial charge in [0.2, 0.25) is 0 Å². The van der Waals surface area contributed by atoms with Crippen LogP contribution < -0.4 is 0 Å². The Bertz CT molecular complexity index is 265. The summed E-state index contributed by atoms with van der Waals surface area (Å²) in [5.74, 6) is 2.44. The fourth-order valence-corrected chi connectivity index (χ4v) is 4.35. The highest BCUT2D eigenvalue weighted by Gasteiger charge is 2.25. The lowest BCUT2D eigenvalue weighted by Crippen LogP contribution is -2.54. The maximum atomic E-state index is 9.33. The van der Waals surface area contributed by atoms with Crippen LogP contribution in [-0.2, 0) is 0 Å². The highest BCUT2D eigenvalue weighted by atomic mass is 32.2.